The fourth-order valence-electron chi connectivity index (χ4n) is 3.95. The van der Waals surface area contributed by atoms with Crippen molar-refractivity contribution in [2.75, 3.05) is 25.0 Å². The quantitative estimate of drug-likeness (QED) is 0.447. The van der Waals surface area contributed by atoms with Crippen molar-refractivity contribution < 1.29 is 9.53 Å². The van der Waals surface area contributed by atoms with Crippen LogP contribution in [0.5, 0.6) is 0 Å². The molecule has 0 amide bonds. The van der Waals surface area contributed by atoms with Crippen molar-refractivity contribution in [1.29, 1.82) is 0 Å². The number of carbonyl (C=O) groups is 1. The van der Waals surface area contributed by atoms with Crippen molar-refractivity contribution in [3.8, 4) is 0 Å². The summed E-state index contributed by atoms with van der Waals surface area (Å²) in [6.07, 6.45) is 2.76. The number of nitrogens with one attached hydrogen (secondary N) is 3. The van der Waals surface area contributed by atoms with Gasteiger partial charge in [-0.1, -0.05) is 29.3 Å². The number of aromatic nitrogens is 4. The lowest BCUT2D eigenvalue weighted by atomic mass is 9.79. The third-order valence-electron chi connectivity index (χ3n) is 5.66. The Morgan fingerprint density at radius 3 is 2.78 bits per heavy atom. The molecule has 0 aliphatic carbocycles. The molecule has 3 N–H and O–H groups in total. The van der Waals surface area contributed by atoms with Gasteiger partial charge in [-0.05, 0) is 50.6 Å². The summed E-state index contributed by atoms with van der Waals surface area (Å²) in [6.45, 7) is 4.17. The molecular formula is C21H24Cl2N6O3. The Balaban J connectivity index is 1.57. The Morgan fingerprint density at radius 1 is 1.28 bits per heavy atom. The van der Waals surface area contributed by atoms with E-state index in [4.69, 9.17) is 27.9 Å². The number of halogens is 2. The van der Waals surface area contributed by atoms with Gasteiger partial charge >= 0.3 is 5.97 Å². The molecule has 4 rings (SSSR count). The summed E-state index contributed by atoms with van der Waals surface area (Å²) < 4.78 is 6.91. The molecule has 9 nitrogen and oxygen atoms in total. The van der Waals surface area contributed by atoms with Crippen LogP contribution in [0.4, 0.5) is 5.95 Å². The molecule has 1 saturated heterocycles. The van der Waals surface area contributed by atoms with Crippen LogP contribution in [-0.4, -0.2) is 45.4 Å². The molecule has 0 spiro atoms. The van der Waals surface area contributed by atoms with Gasteiger partial charge in [0.1, 0.15) is 5.52 Å². The van der Waals surface area contributed by atoms with Gasteiger partial charge in [0.05, 0.1) is 34.8 Å². The number of piperidine rings is 1. The maximum absolute atomic E-state index is 12.9. The first kappa shape index (κ1) is 22.6. The third-order valence-corrected chi connectivity index (χ3v) is 6.40. The Bertz CT molecular complexity index is 1190. The molecule has 0 radical (unpaired) electrons. The van der Waals surface area contributed by atoms with E-state index in [1.54, 1.807) is 23.7 Å². The van der Waals surface area contributed by atoms with Crippen LogP contribution in [0.3, 0.4) is 0 Å². The van der Waals surface area contributed by atoms with Crippen LogP contribution in [0.2, 0.25) is 10.0 Å². The van der Waals surface area contributed by atoms with Gasteiger partial charge in [0.25, 0.3) is 5.56 Å². The fraction of sp³-hybridized carbons (Fsp3) is 0.429. The van der Waals surface area contributed by atoms with Gasteiger partial charge < -0.3 is 15.4 Å². The van der Waals surface area contributed by atoms with Crippen LogP contribution in [0.15, 0.2) is 29.2 Å². The molecular weight excluding hydrogens is 455 g/mol. The van der Waals surface area contributed by atoms with Gasteiger partial charge in [-0.15, -0.1) is 0 Å². The largest absolute Gasteiger partial charge is 0.466 e. The van der Waals surface area contributed by atoms with Gasteiger partial charge in [-0.25, -0.2) is 4.98 Å². The molecule has 0 unspecified atom stereocenters. The molecule has 1 fully saturated rings. The molecule has 11 heteroatoms. The van der Waals surface area contributed by atoms with E-state index < -0.39 is 5.41 Å². The number of H-pyrrole nitrogens is 1. The highest BCUT2D eigenvalue weighted by atomic mass is 35.5. The SMILES string of the molecule is CCOC(=O)C1(Cn2ncc3nc(NCc4ccc(Cl)c(Cl)c4)[nH]c(=O)c32)CCNCC1. The van der Waals surface area contributed by atoms with Crippen molar-refractivity contribution in [2.45, 2.75) is 32.9 Å². The average Bonchev–Trinajstić information content (AvgIpc) is 3.18. The van der Waals surface area contributed by atoms with Crippen LogP contribution in [-0.2, 0) is 22.6 Å². The second kappa shape index (κ2) is 9.48. The lowest BCUT2D eigenvalue weighted by Crippen LogP contribution is -2.46. The predicted molar refractivity (Wildman–Crippen MR) is 123 cm³/mol. The molecule has 2 aromatic heterocycles. The van der Waals surface area contributed by atoms with E-state index >= 15 is 0 Å². The van der Waals surface area contributed by atoms with Crippen molar-refractivity contribution in [1.82, 2.24) is 25.1 Å². The van der Waals surface area contributed by atoms with Crippen LogP contribution >= 0.6 is 23.2 Å². The van der Waals surface area contributed by atoms with E-state index in [0.717, 1.165) is 5.56 Å². The number of benzene rings is 1. The van der Waals surface area contributed by atoms with Crippen LogP contribution in [0, 0.1) is 5.41 Å². The lowest BCUT2D eigenvalue weighted by Gasteiger charge is -2.35. The third kappa shape index (κ3) is 4.60. The van der Waals surface area contributed by atoms with Crippen molar-refractivity contribution in [3.05, 3.63) is 50.4 Å². The second-order valence-electron chi connectivity index (χ2n) is 7.80. The summed E-state index contributed by atoms with van der Waals surface area (Å²) in [4.78, 5) is 32.9. The highest BCUT2D eigenvalue weighted by Crippen LogP contribution is 2.33. The minimum absolute atomic E-state index is 0.255. The van der Waals surface area contributed by atoms with Crippen LogP contribution in [0.1, 0.15) is 25.3 Å². The number of ether oxygens (including phenoxy) is 1. The Kier molecular flexibility index (Phi) is 6.68. The first-order chi connectivity index (χ1) is 15.4. The van der Waals surface area contributed by atoms with Gasteiger partial charge in [0.15, 0.2) is 5.52 Å². The number of nitrogens with zero attached hydrogens (tertiary/aromatic N) is 3. The highest BCUT2D eigenvalue weighted by Gasteiger charge is 2.42. The Hall–Kier alpha value is -2.62. The van der Waals surface area contributed by atoms with E-state index in [0.29, 0.717) is 66.1 Å². The van der Waals surface area contributed by atoms with E-state index in [2.05, 4.69) is 25.7 Å². The van der Waals surface area contributed by atoms with E-state index in [9.17, 15) is 9.59 Å². The molecule has 0 atom stereocenters. The highest BCUT2D eigenvalue weighted by molar-refractivity contribution is 6.42. The molecule has 170 valence electrons. The van der Waals surface area contributed by atoms with Crippen LogP contribution < -0.4 is 16.2 Å². The second-order valence-corrected chi connectivity index (χ2v) is 8.62. The summed E-state index contributed by atoms with van der Waals surface area (Å²) in [5.74, 6) is 0.0598. The topological polar surface area (TPSA) is 114 Å². The van der Waals surface area contributed by atoms with Crippen molar-refractivity contribution >= 4 is 46.2 Å². The minimum Gasteiger partial charge on any atom is -0.466 e. The normalized spacial score (nSPS) is 15.6. The van der Waals surface area contributed by atoms with E-state index in [1.807, 2.05) is 6.07 Å². The lowest BCUT2D eigenvalue weighted by molar-refractivity contribution is -0.158. The standard InChI is InChI=1S/C21H24Cl2N6O3/c1-2-32-19(31)21(5-7-24-8-6-21)12-29-17-16(11-26-29)27-20(28-18(17)30)25-10-13-3-4-14(22)15(23)9-13/h3-4,9,11,24H,2,5-8,10,12H2,1H3,(H2,25,27,28,30). The van der Waals surface area contributed by atoms with E-state index in [1.165, 1.54) is 6.20 Å². The van der Waals surface area contributed by atoms with Gasteiger partial charge in [-0.2, -0.15) is 5.10 Å². The predicted octanol–water partition coefficient (Wildman–Crippen LogP) is 2.97. The molecule has 1 aromatic carbocycles. The van der Waals surface area contributed by atoms with Crippen LogP contribution in [0.25, 0.3) is 11.0 Å². The number of hydrogen-bond acceptors (Lipinski definition) is 7. The molecule has 0 bridgehead atoms. The molecule has 32 heavy (non-hydrogen) atoms. The number of esters is 1. The smallest absolute Gasteiger partial charge is 0.314 e. The zero-order valence-corrected chi connectivity index (χ0v) is 19.1. The van der Waals surface area contributed by atoms with Crippen molar-refractivity contribution in [2.24, 2.45) is 5.41 Å². The number of rotatable bonds is 7. The monoisotopic (exact) mass is 478 g/mol. The van der Waals surface area contributed by atoms with Gasteiger partial charge in [-0.3, -0.25) is 19.3 Å². The zero-order chi connectivity index (χ0) is 22.7. The molecule has 0 saturated carbocycles. The fourth-order valence-corrected chi connectivity index (χ4v) is 4.27. The summed E-state index contributed by atoms with van der Waals surface area (Å²) >= 11 is 12.0. The summed E-state index contributed by atoms with van der Waals surface area (Å²) in [6, 6.07) is 5.30. The molecule has 1 aliphatic heterocycles. The number of aromatic amines is 1. The Morgan fingerprint density at radius 2 is 2.06 bits per heavy atom. The molecule has 3 aromatic rings. The first-order valence-corrected chi connectivity index (χ1v) is 11.2. The molecule has 1 aliphatic rings. The maximum atomic E-state index is 12.9. The van der Waals surface area contributed by atoms with E-state index in [-0.39, 0.29) is 18.1 Å². The number of hydrogen-bond donors (Lipinski definition) is 3. The van der Waals surface area contributed by atoms with Crippen molar-refractivity contribution in [3.63, 3.8) is 0 Å². The summed E-state index contributed by atoms with van der Waals surface area (Å²) in [5.41, 5.74) is 0.597. The maximum Gasteiger partial charge on any atom is 0.314 e. The average molecular weight is 479 g/mol. The summed E-state index contributed by atoms with van der Waals surface area (Å²) in [7, 11) is 0. The summed E-state index contributed by atoms with van der Waals surface area (Å²) in [5, 5.41) is 11.6. The van der Waals surface area contributed by atoms with Gasteiger partial charge in [0.2, 0.25) is 5.95 Å². The Labute approximate surface area is 194 Å². The minimum atomic E-state index is -0.725. The molecule has 3 heterocycles. The zero-order valence-electron chi connectivity index (χ0n) is 17.6. The number of carbonyl (C=O) groups excluding carboxylic acids is 1. The van der Waals surface area contributed by atoms with Gasteiger partial charge in [0, 0.05) is 6.54 Å². The number of anilines is 1. The first-order valence-electron chi connectivity index (χ1n) is 10.4. The number of fused-ring (bicyclic) bond motifs is 1.